The van der Waals surface area contributed by atoms with E-state index in [0.29, 0.717) is 22.9 Å². The molecule has 0 radical (unpaired) electrons. The molecule has 0 saturated heterocycles. The molecule has 0 aliphatic rings. The first-order valence-electron chi connectivity index (χ1n) is 9.10. The maximum Gasteiger partial charge on any atom is 0.416 e. The van der Waals surface area contributed by atoms with Crippen molar-refractivity contribution in [1.29, 1.82) is 0 Å². The number of carbonyl (C=O) groups is 2. The number of hydrogen-bond acceptors (Lipinski definition) is 3. The molecule has 0 spiro atoms. The van der Waals surface area contributed by atoms with Crippen LogP contribution in [0.5, 0.6) is 5.75 Å². The minimum Gasteiger partial charge on any atom is -0.496 e. The molecule has 0 fully saturated rings. The van der Waals surface area contributed by atoms with E-state index in [1.165, 1.54) is 7.11 Å². The van der Waals surface area contributed by atoms with E-state index in [1.54, 1.807) is 36.4 Å². The number of halogens is 4. The molecule has 0 aromatic heterocycles. The lowest BCUT2D eigenvalue weighted by Crippen LogP contribution is -2.24. The number of hydrogen-bond donors (Lipinski definition) is 1. The highest BCUT2D eigenvalue weighted by atomic mass is 19.4. The zero-order chi connectivity index (χ0) is 22.6. The van der Waals surface area contributed by atoms with Gasteiger partial charge in [0.15, 0.2) is 0 Å². The van der Waals surface area contributed by atoms with E-state index in [9.17, 15) is 27.2 Å². The first-order valence-corrected chi connectivity index (χ1v) is 9.10. The molecule has 0 aliphatic heterocycles. The first-order chi connectivity index (χ1) is 14.7. The van der Waals surface area contributed by atoms with Crippen molar-refractivity contribution in [3.63, 3.8) is 0 Å². The highest BCUT2D eigenvalue weighted by Crippen LogP contribution is 2.30. The van der Waals surface area contributed by atoms with Crippen LogP contribution in [0.2, 0.25) is 0 Å². The SMILES string of the molecule is COc1ccc(-c2cccc(C=O)c2)cc1CNC(=O)c1ccc(C(F)(F)F)cc1F. The Kier molecular flexibility index (Phi) is 6.39. The van der Waals surface area contributed by atoms with E-state index >= 15 is 0 Å². The van der Waals surface area contributed by atoms with Crippen LogP contribution < -0.4 is 10.1 Å². The van der Waals surface area contributed by atoms with Crippen molar-refractivity contribution in [2.24, 2.45) is 0 Å². The van der Waals surface area contributed by atoms with Gasteiger partial charge in [-0.15, -0.1) is 0 Å². The number of aldehydes is 1. The monoisotopic (exact) mass is 431 g/mol. The number of benzene rings is 3. The number of carbonyl (C=O) groups excluding carboxylic acids is 2. The molecule has 0 unspecified atom stereocenters. The molecular formula is C23H17F4NO3. The Morgan fingerprint density at radius 1 is 1.03 bits per heavy atom. The zero-order valence-electron chi connectivity index (χ0n) is 16.3. The Balaban J connectivity index is 1.82. The smallest absolute Gasteiger partial charge is 0.416 e. The van der Waals surface area contributed by atoms with Crippen LogP contribution >= 0.6 is 0 Å². The molecule has 0 bridgehead atoms. The van der Waals surface area contributed by atoms with E-state index in [-0.39, 0.29) is 12.6 Å². The summed E-state index contributed by atoms with van der Waals surface area (Å²) >= 11 is 0. The normalized spacial score (nSPS) is 11.1. The lowest BCUT2D eigenvalue weighted by atomic mass is 10.0. The van der Waals surface area contributed by atoms with Crippen molar-refractivity contribution in [2.45, 2.75) is 12.7 Å². The van der Waals surface area contributed by atoms with Crippen molar-refractivity contribution in [1.82, 2.24) is 5.32 Å². The molecular weight excluding hydrogens is 414 g/mol. The summed E-state index contributed by atoms with van der Waals surface area (Å²) < 4.78 is 57.4. The fourth-order valence-corrected chi connectivity index (χ4v) is 3.03. The lowest BCUT2D eigenvalue weighted by Gasteiger charge is -2.13. The summed E-state index contributed by atoms with van der Waals surface area (Å²) in [5, 5.41) is 2.49. The molecule has 0 heterocycles. The Hall–Kier alpha value is -3.68. The van der Waals surface area contributed by atoms with Gasteiger partial charge in [-0.1, -0.05) is 24.3 Å². The summed E-state index contributed by atoms with van der Waals surface area (Å²) in [6, 6.07) is 13.9. The molecule has 0 aliphatic carbocycles. The molecule has 1 N–H and O–H groups in total. The van der Waals surface area contributed by atoms with Gasteiger partial charge in [0.2, 0.25) is 0 Å². The third-order valence-corrected chi connectivity index (χ3v) is 4.62. The average molecular weight is 431 g/mol. The van der Waals surface area contributed by atoms with Gasteiger partial charge in [0.05, 0.1) is 18.2 Å². The Morgan fingerprint density at radius 2 is 1.77 bits per heavy atom. The number of methoxy groups -OCH3 is 1. The summed E-state index contributed by atoms with van der Waals surface area (Å²) in [4.78, 5) is 23.3. The van der Waals surface area contributed by atoms with Crippen LogP contribution in [0, 0.1) is 5.82 Å². The Labute approximate surface area is 175 Å². The van der Waals surface area contributed by atoms with Gasteiger partial charge in [-0.25, -0.2) is 4.39 Å². The molecule has 4 nitrogen and oxygen atoms in total. The summed E-state index contributed by atoms with van der Waals surface area (Å²) in [5.74, 6) is -1.66. The predicted octanol–water partition coefficient (Wildman–Crippen LogP) is 5.26. The van der Waals surface area contributed by atoms with E-state index in [0.717, 1.165) is 23.5 Å². The zero-order valence-corrected chi connectivity index (χ0v) is 16.3. The Morgan fingerprint density at radius 3 is 2.42 bits per heavy atom. The molecule has 0 atom stereocenters. The molecule has 8 heteroatoms. The van der Waals surface area contributed by atoms with Crippen LogP contribution in [0.15, 0.2) is 60.7 Å². The van der Waals surface area contributed by atoms with Crippen LogP contribution in [0.1, 0.15) is 31.8 Å². The molecule has 31 heavy (non-hydrogen) atoms. The minimum atomic E-state index is -4.70. The number of amides is 1. The summed E-state index contributed by atoms with van der Waals surface area (Å²) in [5.41, 5.74) is 0.927. The van der Waals surface area contributed by atoms with E-state index < -0.39 is 29.0 Å². The third kappa shape index (κ3) is 5.09. The molecule has 3 aromatic carbocycles. The van der Waals surface area contributed by atoms with Gasteiger partial charge in [0.1, 0.15) is 17.9 Å². The second-order valence-corrected chi connectivity index (χ2v) is 6.65. The molecule has 160 valence electrons. The quantitative estimate of drug-likeness (QED) is 0.428. The van der Waals surface area contributed by atoms with Gasteiger partial charge in [-0.3, -0.25) is 9.59 Å². The van der Waals surface area contributed by atoms with Gasteiger partial charge >= 0.3 is 6.18 Å². The molecule has 0 saturated carbocycles. The predicted molar refractivity (Wildman–Crippen MR) is 106 cm³/mol. The summed E-state index contributed by atoms with van der Waals surface area (Å²) in [7, 11) is 1.45. The molecule has 3 aromatic rings. The van der Waals surface area contributed by atoms with Crippen LogP contribution in [-0.4, -0.2) is 19.3 Å². The maximum absolute atomic E-state index is 14.0. The van der Waals surface area contributed by atoms with Gasteiger partial charge in [-0.2, -0.15) is 13.2 Å². The van der Waals surface area contributed by atoms with Crippen LogP contribution in [0.4, 0.5) is 17.6 Å². The van der Waals surface area contributed by atoms with Crippen molar-refractivity contribution in [2.75, 3.05) is 7.11 Å². The number of nitrogens with one attached hydrogen (secondary N) is 1. The van der Waals surface area contributed by atoms with Crippen molar-refractivity contribution in [3.8, 4) is 16.9 Å². The maximum atomic E-state index is 14.0. The lowest BCUT2D eigenvalue weighted by molar-refractivity contribution is -0.137. The number of ether oxygens (including phenoxy) is 1. The van der Waals surface area contributed by atoms with E-state index in [1.807, 2.05) is 6.07 Å². The summed E-state index contributed by atoms with van der Waals surface area (Å²) in [6.45, 7) is -0.0519. The van der Waals surface area contributed by atoms with Crippen LogP contribution in [-0.2, 0) is 12.7 Å². The van der Waals surface area contributed by atoms with E-state index in [2.05, 4.69) is 5.32 Å². The number of alkyl halides is 3. The first kappa shape index (κ1) is 22.0. The van der Waals surface area contributed by atoms with Gasteiger partial charge in [0.25, 0.3) is 5.91 Å². The highest BCUT2D eigenvalue weighted by molar-refractivity contribution is 5.94. The molecule has 3 rings (SSSR count). The van der Waals surface area contributed by atoms with Crippen LogP contribution in [0.3, 0.4) is 0 Å². The fourth-order valence-electron chi connectivity index (χ4n) is 3.03. The summed E-state index contributed by atoms with van der Waals surface area (Å²) in [6.07, 6.45) is -3.97. The largest absolute Gasteiger partial charge is 0.496 e. The van der Waals surface area contributed by atoms with Gasteiger partial charge in [-0.05, 0) is 47.5 Å². The van der Waals surface area contributed by atoms with Crippen molar-refractivity contribution < 1.29 is 31.9 Å². The second-order valence-electron chi connectivity index (χ2n) is 6.65. The standard InChI is InChI=1S/C23H17F4NO3/c1-31-21-8-5-16(15-4-2-3-14(9-15)13-29)10-17(21)12-28-22(30)19-7-6-18(11-20(19)24)23(25,26)27/h2-11,13H,12H2,1H3,(H,28,30). The fraction of sp³-hybridized carbons (Fsp3) is 0.130. The highest BCUT2D eigenvalue weighted by Gasteiger charge is 2.31. The third-order valence-electron chi connectivity index (χ3n) is 4.62. The van der Waals surface area contributed by atoms with E-state index in [4.69, 9.17) is 4.74 Å². The van der Waals surface area contributed by atoms with Crippen LogP contribution in [0.25, 0.3) is 11.1 Å². The minimum absolute atomic E-state index is 0.0519. The van der Waals surface area contributed by atoms with Gasteiger partial charge in [0, 0.05) is 17.7 Å². The molecule has 1 amide bonds. The average Bonchev–Trinajstić information content (AvgIpc) is 2.76. The second kappa shape index (κ2) is 8.99. The number of rotatable bonds is 6. The Bertz CT molecular complexity index is 1130. The topological polar surface area (TPSA) is 55.4 Å². The van der Waals surface area contributed by atoms with Gasteiger partial charge < -0.3 is 10.1 Å². The van der Waals surface area contributed by atoms with Crippen molar-refractivity contribution in [3.05, 3.63) is 88.7 Å². The van der Waals surface area contributed by atoms with Crippen molar-refractivity contribution >= 4 is 12.2 Å².